The topological polar surface area (TPSA) is 49.0 Å². The molecule has 3 heterocycles. The molecule has 138 valence electrons. The van der Waals surface area contributed by atoms with Crippen molar-refractivity contribution < 1.29 is 0 Å². The number of fused-ring (bicyclic) bond motifs is 1. The minimum atomic E-state index is -0.0895. The predicted molar refractivity (Wildman–Crippen MR) is 115 cm³/mol. The first-order valence-corrected chi connectivity index (χ1v) is 10.8. The Labute approximate surface area is 170 Å². The van der Waals surface area contributed by atoms with E-state index >= 15 is 0 Å². The Morgan fingerprint density at radius 1 is 1.15 bits per heavy atom. The van der Waals surface area contributed by atoms with Crippen LogP contribution in [0.3, 0.4) is 0 Å². The highest BCUT2D eigenvalue weighted by atomic mass is 35.5. The second-order valence-corrected chi connectivity index (χ2v) is 8.56. The smallest absolute Gasteiger partial charge is 0.260 e. The summed E-state index contributed by atoms with van der Waals surface area (Å²) in [4.78, 5) is 24.8. The highest BCUT2D eigenvalue weighted by Gasteiger charge is 2.14. The van der Waals surface area contributed by atoms with E-state index in [0.717, 1.165) is 29.0 Å². The number of hydrogen-bond donors (Lipinski definition) is 1. The van der Waals surface area contributed by atoms with Crippen LogP contribution in [0.4, 0.5) is 0 Å². The van der Waals surface area contributed by atoms with Gasteiger partial charge in [0.1, 0.15) is 10.7 Å². The average Bonchev–Trinajstić information content (AvgIpc) is 3.32. The molecule has 0 amide bonds. The van der Waals surface area contributed by atoms with Gasteiger partial charge >= 0.3 is 0 Å². The molecule has 0 aliphatic heterocycles. The largest absolute Gasteiger partial charge is 0.309 e. The summed E-state index contributed by atoms with van der Waals surface area (Å²) in [7, 11) is 0. The van der Waals surface area contributed by atoms with Crippen molar-refractivity contribution in [2.24, 2.45) is 0 Å². The number of nitrogens with zero attached hydrogens (tertiary/aromatic N) is 2. The molecule has 0 atom stereocenters. The van der Waals surface area contributed by atoms with E-state index < -0.39 is 0 Å². The Balaban J connectivity index is 1.64. The second kappa shape index (κ2) is 7.94. The fourth-order valence-corrected chi connectivity index (χ4v) is 4.86. The third-order valence-electron chi connectivity index (χ3n) is 4.43. The van der Waals surface area contributed by atoms with Gasteiger partial charge in [-0.15, -0.1) is 22.7 Å². The maximum absolute atomic E-state index is 12.8. The lowest BCUT2D eigenvalue weighted by atomic mass is 10.1. The lowest BCUT2D eigenvalue weighted by Gasteiger charge is -2.18. The second-order valence-electron chi connectivity index (χ2n) is 6.23. The maximum atomic E-state index is 12.8. The number of hydrogen-bond acceptors (Lipinski definition) is 5. The van der Waals surface area contributed by atoms with Crippen LogP contribution in [-0.2, 0) is 13.1 Å². The van der Waals surface area contributed by atoms with Gasteiger partial charge in [0.2, 0.25) is 0 Å². The van der Waals surface area contributed by atoms with E-state index in [1.165, 1.54) is 16.2 Å². The van der Waals surface area contributed by atoms with Crippen molar-refractivity contribution in [3.63, 3.8) is 0 Å². The molecule has 0 unspecified atom stereocenters. The quantitative estimate of drug-likeness (QED) is 0.459. The van der Waals surface area contributed by atoms with Gasteiger partial charge in [-0.3, -0.25) is 9.69 Å². The molecule has 0 fully saturated rings. The van der Waals surface area contributed by atoms with Crippen molar-refractivity contribution in [1.82, 2.24) is 14.9 Å². The number of halogens is 1. The monoisotopic (exact) mass is 415 g/mol. The van der Waals surface area contributed by atoms with E-state index in [0.29, 0.717) is 22.8 Å². The lowest BCUT2D eigenvalue weighted by molar-refractivity contribution is 0.267. The number of thiophene rings is 2. The predicted octanol–water partition coefficient (Wildman–Crippen LogP) is 5.39. The summed E-state index contributed by atoms with van der Waals surface area (Å²) in [5.41, 5.74) is 1.78. The van der Waals surface area contributed by atoms with Crippen molar-refractivity contribution >= 4 is 44.5 Å². The Morgan fingerprint density at radius 2 is 1.96 bits per heavy atom. The van der Waals surface area contributed by atoms with Crippen molar-refractivity contribution in [2.45, 2.75) is 20.0 Å². The van der Waals surface area contributed by atoms with Crippen LogP contribution in [-0.4, -0.2) is 21.4 Å². The molecule has 1 aromatic carbocycles. The van der Waals surface area contributed by atoms with Gasteiger partial charge in [-0.05, 0) is 35.7 Å². The Hall–Kier alpha value is -1.99. The lowest BCUT2D eigenvalue weighted by Crippen LogP contribution is -2.24. The van der Waals surface area contributed by atoms with Crippen LogP contribution >= 0.6 is 34.3 Å². The first-order chi connectivity index (χ1) is 13.1. The Kier molecular flexibility index (Phi) is 5.41. The van der Waals surface area contributed by atoms with Crippen LogP contribution in [0.25, 0.3) is 21.3 Å². The molecule has 27 heavy (non-hydrogen) atoms. The van der Waals surface area contributed by atoms with Crippen molar-refractivity contribution in [3.8, 4) is 11.1 Å². The summed E-state index contributed by atoms with van der Waals surface area (Å²) in [5, 5.41) is 5.40. The molecule has 7 heteroatoms. The van der Waals surface area contributed by atoms with E-state index in [9.17, 15) is 4.79 Å². The molecule has 0 saturated carbocycles. The first-order valence-electron chi connectivity index (χ1n) is 8.65. The molecule has 0 aliphatic carbocycles. The summed E-state index contributed by atoms with van der Waals surface area (Å²) in [6.45, 7) is 4.48. The molecular formula is C20H18ClN3OS2. The molecule has 0 saturated heterocycles. The third-order valence-corrected chi connectivity index (χ3v) is 6.41. The highest BCUT2D eigenvalue weighted by Crippen LogP contribution is 2.31. The van der Waals surface area contributed by atoms with E-state index in [-0.39, 0.29) is 5.56 Å². The van der Waals surface area contributed by atoms with Gasteiger partial charge in [-0.1, -0.05) is 36.7 Å². The zero-order valence-corrected chi connectivity index (χ0v) is 17.1. The fraction of sp³-hybridized carbons (Fsp3) is 0.200. The maximum Gasteiger partial charge on any atom is 0.260 e. The Bertz CT molecular complexity index is 1100. The van der Waals surface area contributed by atoms with E-state index in [2.05, 4.69) is 34.3 Å². The zero-order chi connectivity index (χ0) is 18.8. The first kappa shape index (κ1) is 18.4. The van der Waals surface area contributed by atoms with Crippen LogP contribution in [0.2, 0.25) is 5.02 Å². The van der Waals surface area contributed by atoms with E-state index in [1.807, 2.05) is 29.6 Å². The van der Waals surface area contributed by atoms with Crippen molar-refractivity contribution in [3.05, 3.63) is 73.2 Å². The van der Waals surface area contributed by atoms with Gasteiger partial charge < -0.3 is 4.98 Å². The Morgan fingerprint density at radius 3 is 2.67 bits per heavy atom. The van der Waals surface area contributed by atoms with Crippen LogP contribution in [0.1, 0.15) is 17.6 Å². The molecule has 0 spiro atoms. The van der Waals surface area contributed by atoms with Gasteiger partial charge in [0, 0.05) is 27.4 Å². The number of benzene rings is 1. The number of aromatic nitrogens is 2. The third kappa shape index (κ3) is 3.99. The molecule has 0 aliphatic rings. The molecule has 1 N–H and O–H groups in total. The minimum absolute atomic E-state index is 0.0895. The molecular weight excluding hydrogens is 398 g/mol. The molecule has 3 aromatic heterocycles. The van der Waals surface area contributed by atoms with E-state index in [1.54, 1.807) is 11.3 Å². The van der Waals surface area contributed by atoms with Gasteiger partial charge in [-0.25, -0.2) is 4.98 Å². The number of H-pyrrole nitrogens is 1. The van der Waals surface area contributed by atoms with Crippen LogP contribution in [0, 0.1) is 0 Å². The molecule has 0 bridgehead atoms. The number of rotatable bonds is 6. The molecule has 4 rings (SSSR count). The average molecular weight is 416 g/mol. The highest BCUT2D eigenvalue weighted by molar-refractivity contribution is 7.17. The summed E-state index contributed by atoms with van der Waals surface area (Å²) < 4.78 is 0. The SMILES string of the molecule is CCN(Cc1nc2scc(-c3ccc(Cl)cc3)c2c(=O)[nH]1)Cc1cccs1. The van der Waals surface area contributed by atoms with Crippen LogP contribution in [0.5, 0.6) is 0 Å². The van der Waals surface area contributed by atoms with Crippen molar-refractivity contribution in [2.75, 3.05) is 6.54 Å². The fourth-order valence-electron chi connectivity index (χ4n) is 3.02. The standard InChI is InChI=1S/C20H18ClN3OS2/c1-2-24(10-15-4-3-9-26-15)11-17-22-19(25)18-16(12-27-20(18)23-17)13-5-7-14(21)8-6-13/h3-9,12H,2,10-11H2,1H3,(H,22,23,25). The molecule has 4 nitrogen and oxygen atoms in total. The number of nitrogens with one attached hydrogen (secondary N) is 1. The summed E-state index contributed by atoms with van der Waals surface area (Å²) in [5.74, 6) is 0.704. The zero-order valence-electron chi connectivity index (χ0n) is 14.7. The van der Waals surface area contributed by atoms with Crippen molar-refractivity contribution in [1.29, 1.82) is 0 Å². The summed E-state index contributed by atoms with van der Waals surface area (Å²) in [6, 6.07) is 11.7. The van der Waals surface area contributed by atoms with E-state index in [4.69, 9.17) is 16.6 Å². The van der Waals surface area contributed by atoms with Gasteiger partial charge in [0.05, 0.1) is 11.9 Å². The summed E-state index contributed by atoms with van der Waals surface area (Å²) >= 11 is 9.22. The van der Waals surface area contributed by atoms with Gasteiger partial charge in [0.15, 0.2) is 0 Å². The number of aromatic amines is 1. The minimum Gasteiger partial charge on any atom is -0.309 e. The molecule has 0 radical (unpaired) electrons. The normalized spacial score (nSPS) is 11.5. The van der Waals surface area contributed by atoms with Crippen LogP contribution < -0.4 is 5.56 Å². The van der Waals surface area contributed by atoms with Gasteiger partial charge in [-0.2, -0.15) is 0 Å². The summed E-state index contributed by atoms with van der Waals surface area (Å²) in [6.07, 6.45) is 0. The van der Waals surface area contributed by atoms with Crippen LogP contribution in [0.15, 0.2) is 52.0 Å². The van der Waals surface area contributed by atoms with Gasteiger partial charge in [0.25, 0.3) is 5.56 Å². The molecule has 4 aromatic rings.